The van der Waals surface area contributed by atoms with Gasteiger partial charge in [-0.25, -0.2) is 14.4 Å². The zero-order valence-electron chi connectivity index (χ0n) is 17.4. The summed E-state index contributed by atoms with van der Waals surface area (Å²) in [7, 11) is 0. The van der Waals surface area contributed by atoms with Crippen molar-refractivity contribution >= 4 is 29.5 Å². The highest BCUT2D eigenvalue weighted by Gasteiger charge is 2.18. The fourth-order valence-electron chi connectivity index (χ4n) is 2.93. The smallest absolute Gasteiger partial charge is 0.338 e. The molecule has 0 unspecified atom stereocenters. The van der Waals surface area contributed by atoms with Gasteiger partial charge in [-0.05, 0) is 55.5 Å². The Morgan fingerprint density at radius 1 is 0.818 bits per heavy atom. The molecule has 0 heterocycles. The number of nitrogens with one attached hydrogen (secondary N) is 1. The van der Waals surface area contributed by atoms with Gasteiger partial charge in [-0.2, -0.15) is 0 Å². The fourth-order valence-corrected chi connectivity index (χ4v) is 2.93. The summed E-state index contributed by atoms with van der Waals surface area (Å²) < 4.78 is 10.7. The number of amides is 1. The predicted molar refractivity (Wildman–Crippen MR) is 117 cm³/mol. The van der Waals surface area contributed by atoms with Crippen LogP contribution in [0.3, 0.4) is 0 Å². The van der Waals surface area contributed by atoms with Gasteiger partial charge in [0.1, 0.15) is 5.75 Å². The number of hydrogen-bond donors (Lipinski definition) is 3. The molecule has 0 aromatic heterocycles. The molecular formula is C24H19NO8. The molecule has 3 aromatic carbocycles. The van der Waals surface area contributed by atoms with E-state index in [0.717, 1.165) is 12.1 Å². The first-order valence-corrected chi connectivity index (χ1v) is 9.76. The number of para-hydroxylation sites is 2. The Kier molecular flexibility index (Phi) is 7.04. The van der Waals surface area contributed by atoms with Crippen molar-refractivity contribution in [2.45, 2.75) is 6.92 Å². The summed E-state index contributed by atoms with van der Waals surface area (Å²) in [5.74, 6) is -3.58. The lowest BCUT2D eigenvalue weighted by atomic mass is 10.1. The molecule has 0 atom stereocenters. The number of benzene rings is 3. The lowest BCUT2D eigenvalue weighted by Crippen LogP contribution is -2.14. The lowest BCUT2D eigenvalue weighted by Gasteiger charge is -2.13. The molecule has 0 saturated carbocycles. The van der Waals surface area contributed by atoms with E-state index in [1.54, 1.807) is 37.3 Å². The van der Waals surface area contributed by atoms with Crippen LogP contribution in [-0.2, 0) is 4.74 Å². The van der Waals surface area contributed by atoms with Crippen LogP contribution in [0, 0.1) is 0 Å². The predicted octanol–water partition coefficient (Wildman–Crippen LogP) is 4.30. The average Bonchev–Trinajstić information content (AvgIpc) is 2.80. The molecule has 0 spiro atoms. The maximum Gasteiger partial charge on any atom is 0.338 e. The number of carbonyl (C=O) groups excluding carboxylic acids is 2. The van der Waals surface area contributed by atoms with Crippen molar-refractivity contribution in [2.24, 2.45) is 0 Å². The van der Waals surface area contributed by atoms with E-state index < -0.39 is 29.4 Å². The van der Waals surface area contributed by atoms with Gasteiger partial charge < -0.3 is 25.0 Å². The van der Waals surface area contributed by atoms with Gasteiger partial charge in [0.15, 0.2) is 5.75 Å². The molecule has 0 aliphatic carbocycles. The normalized spacial score (nSPS) is 10.2. The van der Waals surface area contributed by atoms with E-state index in [4.69, 9.17) is 14.6 Å². The largest absolute Gasteiger partial charge is 0.478 e. The van der Waals surface area contributed by atoms with Crippen LogP contribution in [0.1, 0.15) is 48.4 Å². The van der Waals surface area contributed by atoms with Crippen molar-refractivity contribution in [2.75, 3.05) is 11.9 Å². The molecule has 0 bridgehead atoms. The fraction of sp³-hybridized carbons (Fsp3) is 0.0833. The minimum Gasteiger partial charge on any atom is -0.478 e. The van der Waals surface area contributed by atoms with Crippen LogP contribution in [0.2, 0.25) is 0 Å². The SMILES string of the molecule is CCOC(=O)c1cccc(C(=O)Nc2ccccc2Oc2ccc(C(=O)O)c(C(=O)O)c2)c1. The van der Waals surface area contributed by atoms with Crippen LogP contribution in [0.5, 0.6) is 11.5 Å². The van der Waals surface area contributed by atoms with Crippen LogP contribution in [0.15, 0.2) is 66.7 Å². The van der Waals surface area contributed by atoms with Crippen molar-refractivity contribution in [1.82, 2.24) is 0 Å². The second-order valence-electron chi connectivity index (χ2n) is 6.67. The quantitative estimate of drug-likeness (QED) is 0.433. The van der Waals surface area contributed by atoms with Crippen LogP contribution in [-0.4, -0.2) is 40.6 Å². The van der Waals surface area contributed by atoms with Gasteiger partial charge in [-0.15, -0.1) is 0 Å². The first-order valence-electron chi connectivity index (χ1n) is 9.76. The molecule has 0 saturated heterocycles. The zero-order chi connectivity index (χ0) is 24.0. The Morgan fingerprint density at radius 3 is 2.21 bits per heavy atom. The van der Waals surface area contributed by atoms with Crippen LogP contribution in [0.25, 0.3) is 0 Å². The second-order valence-corrected chi connectivity index (χ2v) is 6.67. The number of carbonyl (C=O) groups is 4. The van der Waals surface area contributed by atoms with Gasteiger partial charge in [0.25, 0.3) is 5.91 Å². The molecule has 0 radical (unpaired) electrons. The van der Waals surface area contributed by atoms with Gasteiger partial charge >= 0.3 is 17.9 Å². The number of anilines is 1. The van der Waals surface area contributed by atoms with Gasteiger partial charge in [0.2, 0.25) is 0 Å². The Morgan fingerprint density at radius 2 is 1.52 bits per heavy atom. The van der Waals surface area contributed by atoms with Gasteiger partial charge in [0.05, 0.1) is 29.0 Å². The van der Waals surface area contributed by atoms with Crippen LogP contribution >= 0.6 is 0 Å². The Balaban J connectivity index is 1.85. The van der Waals surface area contributed by atoms with Gasteiger partial charge in [-0.3, -0.25) is 4.79 Å². The van der Waals surface area contributed by atoms with Crippen molar-refractivity contribution in [1.29, 1.82) is 0 Å². The van der Waals surface area contributed by atoms with Gasteiger partial charge in [0, 0.05) is 5.56 Å². The summed E-state index contributed by atoms with van der Waals surface area (Å²) in [5.41, 5.74) is -0.0819. The lowest BCUT2D eigenvalue weighted by molar-refractivity contribution is 0.0525. The second kappa shape index (κ2) is 10.1. The molecule has 3 aromatic rings. The Labute approximate surface area is 188 Å². The molecule has 168 valence electrons. The maximum absolute atomic E-state index is 12.8. The van der Waals surface area contributed by atoms with E-state index in [-0.39, 0.29) is 40.5 Å². The number of rotatable bonds is 8. The summed E-state index contributed by atoms with van der Waals surface area (Å²) in [6.45, 7) is 1.89. The van der Waals surface area contributed by atoms with Crippen LogP contribution in [0.4, 0.5) is 5.69 Å². The van der Waals surface area contributed by atoms with Crippen molar-refractivity contribution in [3.63, 3.8) is 0 Å². The molecule has 1 amide bonds. The summed E-state index contributed by atoms with van der Waals surface area (Å²) in [6.07, 6.45) is 0. The number of carboxylic acids is 2. The number of aromatic carboxylic acids is 2. The molecule has 9 heteroatoms. The number of hydrogen-bond acceptors (Lipinski definition) is 6. The van der Waals surface area contributed by atoms with E-state index in [2.05, 4.69) is 5.32 Å². The zero-order valence-corrected chi connectivity index (χ0v) is 17.4. The molecule has 3 rings (SSSR count). The summed E-state index contributed by atoms with van der Waals surface area (Å²) >= 11 is 0. The first kappa shape index (κ1) is 23.0. The molecule has 33 heavy (non-hydrogen) atoms. The molecule has 0 aliphatic heterocycles. The summed E-state index contributed by atoms with van der Waals surface area (Å²) in [4.78, 5) is 47.3. The highest BCUT2D eigenvalue weighted by Crippen LogP contribution is 2.31. The van der Waals surface area contributed by atoms with E-state index >= 15 is 0 Å². The van der Waals surface area contributed by atoms with Gasteiger partial charge in [-0.1, -0.05) is 18.2 Å². The van der Waals surface area contributed by atoms with Crippen molar-refractivity contribution < 1.29 is 38.9 Å². The summed E-state index contributed by atoms with van der Waals surface area (Å²) in [6, 6.07) is 16.0. The minimum atomic E-state index is -1.42. The summed E-state index contributed by atoms with van der Waals surface area (Å²) in [5, 5.41) is 21.1. The number of esters is 1. The average molecular weight is 449 g/mol. The standard InChI is InChI=1S/C24H19NO8/c1-2-32-24(31)15-7-5-6-14(12-15)21(26)25-19-8-3-4-9-20(19)33-16-10-11-17(22(27)28)18(13-16)23(29)30/h3-13H,2H2,1H3,(H,25,26)(H,27,28)(H,29,30). The minimum absolute atomic E-state index is 0.0726. The Hall–Kier alpha value is -4.66. The van der Waals surface area contributed by atoms with E-state index in [1.165, 1.54) is 24.3 Å². The monoisotopic (exact) mass is 449 g/mol. The Bertz CT molecular complexity index is 1230. The molecule has 3 N–H and O–H groups in total. The van der Waals surface area contributed by atoms with Crippen molar-refractivity contribution in [3.8, 4) is 11.5 Å². The van der Waals surface area contributed by atoms with E-state index in [1.807, 2.05) is 0 Å². The van der Waals surface area contributed by atoms with Crippen molar-refractivity contribution in [3.05, 3.63) is 89.0 Å². The topological polar surface area (TPSA) is 139 Å². The van der Waals surface area contributed by atoms with E-state index in [9.17, 15) is 24.3 Å². The highest BCUT2D eigenvalue weighted by molar-refractivity contribution is 6.06. The molecule has 0 aliphatic rings. The molecular weight excluding hydrogens is 430 g/mol. The first-order chi connectivity index (χ1) is 15.8. The molecule has 0 fully saturated rings. The van der Waals surface area contributed by atoms with Crippen LogP contribution < -0.4 is 10.1 Å². The third-order valence-corrected chi connectivity index (χ3v) is 4.45. The molecule has 9 nitrogen and oxygen atoms in total. The highest BCUT2D eigenvalue weighted by atomic mass is 16.5. The third-order valence-electron chi connectivity index (χ3n) is 4.45. The third kappa shape index (κ3) is 5.53. The van der Waals surface area contributed by atoms with E-state index in [0.29, 0.717) is 0 Å². The maximum atomic E-state index is 12.8. The number of ether oxygens (including phenoxy) is 2. The number of carboxylic acid groups (broad SMARTS) is 2.